The SMILES string of the molecule is CN(CCCN1CCCCC1)C(=C(C#N)C#N)N1CCC(N2CCCC2)CC1. The fourth-order valence-electron chi connectivity index (χ4n) is 5.09. The molecule has 0 saturated carbocycles. The molecule has 3 rings (SSSR count). The van der Waals surface area contributed by atoms with Crippen LogP contribution in [-0.4, -0.2) is 85.0 Å². The highest BCUT2D eigenvalue weighted by Crippen LogP contribution is 2.25. The molecule has 0 unspecified atom stereocenters. The van der Waals surface area contributed by atoms with E-state index >= 15 is 0 Å². The van der Waals surface area contributed by atoms with Crippen LogP contribution >= 0.6 is 0 Å². The minimum absolute atomic E-state index is 0.264. The van der Waals surface area contributed by atoms with E-state index in [2.05, 4.69) is 31.7 Å². The summed E-state index contributed by atoms with van der Waals surface area (Å²) in [5.74, 6) is 0.850. The maximum atomic E-state index is 9.53. The molecule has 28 heavy (non-hydrogen) atoms. The van der Waals surface area contributed by atoms with Gasteiger partial charge in [0.1, 0.15) is 18.0 Å². The second kappa shape index (κ2) is 10.7. The summed E-state index contributed by atoms with van der Waals surface area (Å²) in [6, 6.07) is 4.98. The Bertz CT molecular complexity index is 579. The number of rotatable bonds is 7. The Kier molecular flexibility index (Phi) is 8.01. The zero-order valence-electron chi connectivity index (χ0n) is 17.6. The van der Waals surface area contributed by atoms with Crippen LogP contribution in [0.25, 0.3) is 0 Å². The topological polar surface area (TPSA) is 60.5 Å². The summed E-state index contributed by atoms with van der Waals surface area (Å²) >= 11 is 0. The van der Waals surface area contributed by atoms with Gasteiger partial charge in [-0.2, -0.15) is 10.5 Å². The van der Waals surface area contributed by atoms with Crippen LogP contribution in [0.2, 0.25) is 0 Å². The summed E-state index contributed by atoms with van der Waals surface area (Å²) in [4.78, 5) is 9.63. The standard InChI is InChI=1S/C22H36N6/c1-25(10-7-13-26-11-3-2-4-12-26)22(20(18-23)19-24)28-16-8-21(9-17-28)27-14-5-6-15-27/h21H,2-17H2,1H3. The van der Waals surface area contributed by atoms with Crippen LogP contribution in [0, 0.1) is 22.7 Å². The summed E-state index contributed by atoms with van der Waals surface area (Å²) in [6.45, 7) is 8.82. The summed E-state index contributed by atoms with van der Waals surface area (Å²) in [7, 11) is 2.05. The van der Waals surface area contributed by atoms with Crippen LogP contribution in [0.1, 0.15) is 51.4 Å². The molecule has 3 fully saturated rings. The fourth-order valence-corrected chi connectivity index (χ4v) is 5.09. The van der Waals surface area contributed by atoms with Crippen molar-refractivity contribution in [3.8, 4) is 12.1 Å². The van der Waals surface area contributed by atoms with Gasteiger partial charge in [0.05, 0.1) is 0 Å². The molecule has 6 heteroatoms. The van der Waals surface area contributed by atoms with E-state index in [0.29, 0.717) is 6.04 Å². The van der Waals surface area contributed by atoms with Gasteiger partial charge in [0.15, 0.2) is 5.57 Å². The minimum Gasteiger partial charge on any atom is -0.360 e. The Hall–Kier alpha value is -1.76. The van der Waals surface area contributed by atoms with Crippen molar-refractivity contribution in [1.82, 2.24) is 19.6 Å². The molecule has 0 bridgehead atoms. The molecule has 0 radical (unpaired) electrons. The second-order valence-corrected chi connectivity index (χ2v) is 8.56. The first-order valence-electron chi connectivity index (χ1n) is 11.2. The summed E-state index contributed by atoms with van der Waals surface area (Å²) in [5, 5.41) is 19.1. The van der Waals surface area contributed by atoms with Crippen molar-refractivity contribution in [2.75, 3.05) is 59.4 Å². The van der Waals surface area contributed by atoms with Crippen LogP contribution < -0.4 is 0 Å². The average Bonchev–Trinajstić information content (AvgIpc) is 3.28. The number of nitrogens with zero attached hydrogens (tertiary/aromatic N) is 6. The highest BCUT2D eigenvalue weighted by Gasteiger charge is 2.29. The van der Waals surface area contributed by atoms with Crippen LogP contribution in [0.4, 0.5) is 0 Å². The van der Waals surface area contributed by atoms with E-state index in [9.17, 15) is 10.5 Å². The molecule has 3 heterocycles. The van der Waals surface area contributed by atoms with Crippen molar-refractivity contribution in [3.05, 3.63) is 11.4 Å². The Morgan fingerprint density at radius 2 is 1.50 bits per heavy atom. The molecular formula is C22H36N6. The zero-order valence-corrected chi connectivity index (χ0v) is 17.6. The van der Waals surface area contributed by atoms with Crippen molar-refractivity contribution < 1.29 is 0 Å². The molecule has 0 aromatic carbocycles. The lowest BCUT2D eigenvalue weighted by Gasteiger charge is -2.41. The lowest BCUT2D eigenvalue weighted by molar-refractivity contribution is 0.122. The quantitative estimate of drug-likeness (QED) is 0.629. The van der Waals surface area contributed by atoms with E-state index < -0.39 is 0 Å². The predicted molar refractivity (Wildman–Crippen MR) is 111 cm³/mol. The third-order valence-electron chi connectivity index (χ3n) is 6.65. The Morgan fingerprint density at radius 3 is 2.11 bits per heavy atom. The third kappa shape index (κ3) is 5.40. The van der Waals surface area contributed by atoms with Crippen molar-refractivity contribution in [1.29, 1.82) is 10.5 Å². The van der Waals surface area contributed by atoms with Gasteiger partial charge in [-0.25, -0.2) is 0 Å². The molecule has 3 aliphatic rings. The van der Waals surface area contributed by atoms with Crippen molar-refractivity contribution in [2.24, 2.45) is 0 Å². The van der Waals surface area contributed by atoms with Gasteiger partial charge in [-0.05, 0) is 77.7 Å². The maximum absolute atomic E-state index is 9.53. The Balaban J connectivity index is 1.56. The number of piperidine rings is 2. The Labute approximate surface area is 171 Å². The molecule has 0 amide bonds. The predicted octanol–water partition coefficient (Wildman–Crippen LogP) is 2.61. The summed E-state index contributed by atoms with van der Waals surface area (Å²) in [6.07, 6.45) is 10.0. The first-order valence-corrected chi connectivity index (χ1v) is 11.2. The van der Waals surface area contributed by atoms with Gasteiger partial charge in [0.25, 0.3) is 0 Å². The van der Waals surface area contributed by atoms with Gasteiger partial charge >= 0.3 is 0 Å². The number of hydrogen-bond acceptors (Lipinski definition) is 6. The number of likely N-dealkylation sites (tertiary alicyclic amines) is 3. The van der Waals surface area contributed by atoms with E-state index in [1.54, 1.807) is 0 Å². The number of allylic oxidation sites excluding steroid dienone is 1. The molecule has 0 N–H and O–H groups in total. The highest BCUT2D eigenvalue weighted by molar-refractivity contribution is 5.39. The Morgan fingerprint density at radius 1 is 0.893 bits per heavy atom. The van der Waals surface area contributed by atoms with Crippen LogP contribution in [0.15, 0.2) is 11.4 Å². The van der Waals surface area contributed by atoms with E-state index in [4.69, 9.17) is 0 Å². The lowest BCUT2D eigenvalue weighted by atomic mass is 10.0. The first-order chi connectivity index (χ1) is 13.7. The number of nitriles is 2. The van der Waals surface area contributed by atoms with E-state index in [1.165, 1.54) is 58.3 Å². The van der Waals surface area contributed by atoms with Gasteiger partial charge in [0.2, 0.25) is 0 Å². The lowest BCUT2D eigenvalue weighted by Crippen LogP contribution is -2.46. The maximum Gasteiger partial charge on any atom is 0.169 e. The molecule has 0 atom stereocenters. The van der Waals surface area contributed by atoms with E-state index in [-0.39, 0.29) is 5.57 Å². The monoisotopic (exact) mass is 384 g/mol. The normalized spacial score (nSPS) is 21.9. The number of hydrogen-bond donors (Lipinski definition) is 0. The largest absolute Gasteiger partial charge is 0.360 e. The van der Waals surface area contributed by atoms with E-state index in [1.807, 2.05) is 7.05 Å². The van der Waals surface area contributed by atoms with Crippen molar-refractivity contribution in [2.45, 2.75) is 57.4 Å². The van der Waals surface area contributed by atoms with Gasteiger partial charge in [0, 0.05) is 32.7 Å². The fraction of sp³-hybridized carbons (Fsp3) is 0.818. The molecule has 6 nitrogen and oxygen atoms in total. The molecule has 0 aromatic heterocycles. The first kappa shape index (κ1) is 21.0. The third-order valence-corrected chi connectivity index (χ3v) is 6.65. The minimum atomic E-state index is 0.264. The summed E-state index contributed by atoms with van der Waals surface area (Å²) < 4.78 is 0. The molecular weight excluding hydrogens is 348 g/mol. The molecule has 3 saturated heterocycles. The zero-order chi connectivity index (χ0) is 19.8. The highest BCUT2D eigenvalue weighted by atomic mass is 15.3. The summed E-state index contributed by atoms with van der Waals surface area (Å²) in [5.41, 5.74) is 0.264. The average molecular weight is 385 g/mol. The second-order valence-electron chi connectivity index (χ2n) is 8.56. The van der Waals surface area contributed by atoms with Crippen LogP contribution in [0.3, 0.4) is 0 Å². The van der Waals surface area contributed by atoms with Gasteiger partial charge in [-0.3, -0.25) is 0 Å². The van der Waals surface area contributed by atoms with Gasteiger partial charge in [-0.1, -0.05) is 6.42 Å². The molecule has 0 aliphatic carbocycles. The van der Waals surface area contributed by atoms with E-state index in [0.717, 1.165) is 51.3 Å². The van der Waals surface area contributed by atoms with Crippen molar-refractivity contribution >= 4 is 0 Å². The van der Waals surface area contributed by atoms with Gasteiger partial charge in [-0.15, -0.1) is 0 Å². The van der Waals surface area contributed by atoms with Crippen LogP contribution in [-0.2, 0) is 0 Å². The smallest absolute Gasteiger partial charge is 0.169 e. The molecule has 0 aromatic rings. The van der Waals surface area contributed by atoms with Crippen molar-refractivity contribution in [3.63, 3.8) is 0 Å². The molecule has 154 valence electrons. The van der Waals surface area contributed by atoms with Gasteiger partial charge < -0.3 is 19.6 Å². The van der Waals surface area contributed by atoms with Crippen LogP contribution in [0.5, 0.6) is 0 Å². The molecule has 3 aliphatic heterocycles. The molecule has 0 spiro atoms.